The van der Waals surface area contributed by atoms with Gasteiger partial charge in [0.05, 0.1) is 6.61 Å². The highest BCUT2D eigenvalue weighted by Gasteiger charge is 2.20. The van der Waals surface area contributed by atoms with Crippen LogP contribution in [0.25, 0.3) is 0 Å². The van der Waals surface area contributed by atoms with E-state index in [1.54, 1.807) is 13.0 Å². The second-order valence-electron chi connectivity index (χ2n) is 3.70. The summed E-state index contributed by atoms with van der Waals surface area (Å²) in [4.78, 5) is 18.0. The molecule has 0 fully saturated rings. The number of pyridine rings is 1. The fourth-order valence-corrected chi connectivity index (χ4v) is 1.74. The van der Waals surface area contributed by atoms with E-state index in [0.717, 1.165) is 12.1 Å². The van der Waals surface area contributed by atoms with Crippen molar-refractivity contribution in [2.45, 2.75) is 20.8 Å². The van der Waals surface area contributed by atoms with Gasteiger partial charge in [-0.3, -0.25) is 0 Å². The molecule has 0 atom stereocenters. The lowest BCUT2D eigenvalue weighted by Gasteiger charge is -2.20. The number of carbonyl (C=O) groups is 1. The molecule has 0 saturated heterocycles. The number of rotatable bonds is 4. The third-order valence-corrected chi connectivity index (χ3v) is 2.68. The van der Waals surface area contributed by atoms with E-state index < -0.39 is 0 Å². The minimum absolute atomic E-state index is 0.343. The Morgan fingerprint density at radius 2 is 2.18 bits per heavy atom. The van der Waals surface area contributed by atoms with Crippen LogP contribution < -0.4 is 4.90 Å². The Labute approximate surface area is 107 Å². The SMILES string of the molecule is CCOC(=O)c1c(C)cc(Cl)nc1N(C)CC. The normalized spacial score (nSPS) is 10.2. The van der Waals surface area contributed by atoms with Crippen molar-refractivity contribution in [3.8, 4) is 0 Å². The second kappa shape index (κ2) is 5.87. The van der Waals surface area contributed by atoms with Crippen molar-refractivity contribution in [2.75, 3.05) is 25.1 Å². The Morgan fingerprint density at radius 1 is 1.53 bits per heavy atom. The molecule has 1 heterocycles. The molecule has 0 aliphatic carbocycles. The maximum atomic E-state index is 11.9. The molecule has 0 aromatic carbocycles. The van der Waals surface area contributed by atoms with Crippen molar-refractivity contribution >= 4 is 23.4 Å². The molecule has 0 N–H and O–H groups in total. The van der Waals surface area contributed by atoms with Crippen molar-refractivity contribution in [1.82, 2.24) is 4.98 Å². The molecule has 4 nitrogen and oxygen atoms in total. The van der Waals surface area contributed by atoms with Crippen molar-refractivity contribution in [3.05, 3.63) is 22.3 Å². The van der Waals surface area contributed by atoms with E-state index >= 15 is 0 Å². The topological polar surface area (TPSA) is 42.4 Å². The first-order valence-electron chi connectivity index (χ1n) is 5.56. The van der Waals surface area contributed by atoms with Crippen molar-refractivity contribution in [3.63, 3.8) is 0 Å². The minimum atomic E-state index is -0.357. The molecule has 0 spiro atoms. The molecule has 5 heteroatoms. The van der Waals surface area contributed by atoms with Crippen LogP contribution in [0.3, 0.4) is 0 Å². The highest BCUT2D eigenvalue weighted by Crippen LogP contribution is 2.24. The van der Waals surface area contributed by atoms with Gasteiger partial charge < -0.3 is 9.64 Å². The summed E-state index contributed by atoms with van der Waals surface area (Å²) in [6.45, 7) is 6.66. The zero-order valence-corrected chi connectivity index (χ0v) is 11.3. The standard InChI is InChI=1S/C12H17ClN2O2/c1-5-15(4)11-10(12(16)17-6-2)8(3)7-9(13)14-11/h7H,5-6H2,1-4H3. The predicted molar refractivity (Wildman–Crippen MR) is 68.9 cm³/mol. The Bertz CT molecular complexity index is 421. The number of hydrogen-bond acceptors (Lipinski definition) is 4. The summed E-state index contributed by atoms with van der Waals surface area (Å²) in [5.74, 6) is 0.209. The van der Waals surface area contributed by atoms with Crippen LogP contribution in [-0.4, -0.2) is 31.2 Å². The molecule has 17 heavy (non-hydrogen) atoms. The van der Waals surface area contributed by atoms with Crippen LogP contribution in [-0.2, 0) is 4.74 Å². The van der Waals surface area contributed by atoms with Crippen molar-refractivity contribution in [2.24, 2.45) is 0 Å². The zero-order chi connectivity index (χ0) is 13.0. The lowest BCUT2D eigenvalue weighted by atomic mass is 10.1. The molecular formula is C12H17ClN2O2. The van der Waals surface area contributed by atoms with Crippen LogP contribution >= 0.6 is 11.6 Å². The first-order valence-corrected chi connectivity index (χ1v) is 5.94. The van der Waals surface area contributed by atoms with E-state index in [1.165, 1.54) is 0 Å². The zero-order valence-electron chi connectivity index (χ0n) is 10.6. The van der Waals surface area contributed by atoms with E-state index in [0.29, 0.717) is 23.1 Å². The molecule has 0 bridgehead atoms. The number of carbonyl (C=O) groups excluding carboxylic acids is 1. The van der Waals surface area contributed by atoms with Gasteiger partial charge in [0.2, 0.25) is 0 Å². The number of aromatic nitrogens is 1. The fourth-order valence-electron chi connectivity index (χ4n) is 1.50. The number of hydrogen-bond donors (Lipinski definition) is 0. The Hall–Kier alpha value is -1.29. The van der Waals surface area contributed by atoms with Gasteiger partial charge in [-0.25, -0.2) is 9.78 Å². The number of anilines is 1. The lowest BCUT2D eigenvalue weighted by Crippen LogP contribution is -2.22. The van der Waals surface area contributed by atoms with E-state index in [2.05, 4.69) is 4.98 Å². The van der Waals surface area contributed by atoms with Crippen molar-refractivity contribution in [1.29, 1.82) is 0 Å². The lowest BCUT2D eigenvalue weighted by molar-refractivity contribution is 0.0526. The summed E-state index contributed by atoms with van der Waals surface area (Å²) >= 11 is 5.92. The van der Waals surface area contributed by atoms with Gasteiger partial charge in [0.15, 0.2) is 0 Å². The average Bonchev–Trinajstić information content (AvgIpc) is 2.27. The Balaban J connectivity index is 3.29. The molecule has 0 radical (unpaired) electrons. The second-order valence-corrected chi connectivity index (χ2v) is 4.08. The quantitative estimate of drug-likeness (QED) is 0.614. The molecule has 0 saturated carbocycles. The fraction of sp³-hybridized carbons (Fsp3) is 0.500. The van der Waals surface area contributed by atoms with E-state index in [1.807, 2.05) is 25.8 Å². The minimum Gasteiger partial charge on any atom is -0.462 e. The van der Waals surface area contributed by atoms with Gasteiger partial charge >= 0.3 is 5.97 Å². The number of halogens is 1. The number of esters is 1. The monoisotopic (exact) mass is 256 g/mol. The first kappa shape index (κ1) is 13.8. The van der Waals surface area contributed by atoms with E-state index in [9.17, 15) is 4.79 Å². The maximum Gasteiger partial charge on any atom is 0.342 e. The largest absolute Gasteiger partial charge is 0.462 e. The molecule has 1 aromatic heterocycles. The maximum absolute atomic E-state index is 11.9. The molecule has 0 aliphatic heterocycles. The summed E-state index contributed by atoms with van der Waals surface area (Å²) in [7, 11) is 1.86. The van der Waals surface area contributed by atoms with Crippen LogP contribution in [0.1, 0.15) is 29.8 Å². The van der Waals surface area contributed by atoms with Gasteiger partial charge in [0.25, 0.3) is 0 Å². The number of aryl methyl sites for hydroxylation is 1. The molecule has 94 valence electrons. The summed E-state index contributed by atoms with van der Waals surface area (Å²) < 4.78 is 5.04. The van der Waals surface area contributed by atoms with Gasteiger partial charge in [0.1, 0.15) is 16.5 Å². The highest BCUT2D eigenvalue weighted by atomic mass is 35.5. The van der Waals surface area contributed by atoms with Gasteiger partial charge in [-0.2, -0.15) is 0 Å². The van der Waals surface area contributed by atoms with Crippen LogP contribution in [0.5, 0.6) is 0 Å². The molecule has 0 amide bonds. The first-order chi connectivity index (χ1) is 8.01. The molecular weight excluding hydrogens is 240 g/mol. The van der Waals surface area contributed by atoms with Crippen LogP contribution in [0.4, 0.5) is 5.82 Å². The Morgan fingerprint density at radius 3 is 2.71 bits per heavy atom. The highest BCUT2D eigenvalue weighted by molar-refractivity contribution is 6.29. The van der Waals surface area contributed by atoms with Crippen LogP contribution in [0.15, 0.2) is 6.07 Å². The third kappa shape index (κ3) is 3.09. The summed E-state index contributed by atoms with van der Waals surface area (Å²) in [5, 5.41) is 0.380. The smallest absolute Gasteiger partial charge is 0.342 e. The molecule has 0 aliphatic rings. The molecule has 1 rings (SSSR count). The molecule has 0 unspecified atom stereocenters. The van der Waals surface area contributed by atoms with Gasteiger partial charge in [0, 0.05) is 13.6 Å². The summed E-state index contributed by atoms with van der Waals surface area (Å²) in [6, 6.07) is 1.67. The third-order valence-electron chi connectivity index (χ3n) is 2.48. The Kier molecular flexibility index (Phi) is 4.75. The van der Waals surface area contributed by atoms with Crippen LogP contribution in [0, 0.1) is 6.92 Å². The van der Waals surface area contributed by atoms with Crippen LogP contribution in [0.2, 0.25) is 5.15 Å². The van der Waals surface area contributed by atoms with Gasteiger partial charge in [-0.15, -0.1) is 0 Å². The average molecular weight is 257 g/mol. The van der Waals surface area contributed by atoms with E-state index in [4.69, 9.17) is 16.3 Å². The predicted octanol–water partition coefficient (Wildman–Crippen LogP) is 2.68. The van der Waals surface area contributed by atoms with E-state index in [-0.39, 0.29) is 5.97 Å². The van der Waals surface area contributed by atoms with Gasteiger partial charge in [-0.05, 0) is 32.4 Å². The van der Waals surface area contributed by atoms with Gasteiger partial charge in [-0.1, -0.05) is 11.6 Å². The number of ether oxygens (including phenoxy) is 1. The number of nitrogens with zero attached hydrogens (tertiary/aromatic N) is 2. The summed E-state index contributed by atoms with van der Waals surface area (Å²) in [6.07, 6.45) is 0. The summed E-state index contributed by atoms with van der Waals surface area (Å²) in [5.41, 5.74) is 1.26. The molecule has 1 aromatic rings. The van der Waals surface area contributed by atoms with Crippen molar-refractivity contribution < 1.29 is 9.53 Å².